The molecule has 0 rings (SSSR count). The highest BCUT2D eigenvalue weighted by Gasteiger charge is 2.12. The van der Waals surface area contributed by atoms with Gasteiger partial charge in [-0.1, -0.05) is 33.8 Å². The molecule has 0 nitrogen and oxygen atoms in total. The van der Waals surface area contributed by atoms with E-state index >= 15 is 0 Å². The SMILES string of the molecule is C=CCCC(C)C(C)CC(C)C. The van der Waals surface area contributed by atoms with E-state index < -0.39 is 0 Å². The number of hydrogen-bond acceptors (Lipinski definition) is 0. The van der Waals surface area contributed by atoms with E-state index in [4.69, 9.17) is 0 Å². The van der Waals surface area contributed by atoms with Crippen LogP contribution in [0.3, 0.4) is 0 Å². The maximum atomic E-state index is 3.75. The summed E-state index contributed by atoms with van der Waals surface area (Å²) in [5, 5.41) is 0. The van der Waals surface area contributed by atoms with Crippen LogP contribution in [0.15, 0.2) is 12.7 Å². The van der Waals surface area contributed by atoms with Crippen LogP contribution in [-0.4, -0.2) is 0 Å². The third-order valence-corrected chi connectivity index (χ3v) is 2.64. The molecule has 0 saturated heterocycles. The van der Waals surface area contributed by atoms with E-state index in [1.54, 1.807) is 0 Å². The number of hydrogen-bond donors (Lipinski definition) is 0. The predicted molar refractivity (Wildman–Crippen MR) is 57.2 cm³/mol. The minimum Gasteiger partial charge on any atom is -0.103 e. The van der Waals surface area contributed by atoms with E-state index in [2.05, 4.69) is 34.3 Å². The highest BCUT2D eigenvalue weighted by atomic mass is 14.2. The van der Waals surface area contributed by atoms with E-state index in [1.807, 2.05) is 6.08 Å². The van der Waals surface area contributed by atoms with Crippen molar-refractivity contribution in [3.8, 4) is 0 Å². The minimum atomic E-state index is 0.839. The van der Waals surface area contributed by atoms with Crippen molar-refractivity contribution in [1.29, 1.82) is 0 Å². The molecule has 2 atom stereocenters. The molecule has 0 aliphatic carbocycles. The molecule has 0 amide bonds. The second kappa shape index (κ2) is 6.28. The van der Waals surface area contributed by atoms with Gasteiger partial charge in [-0.15, -0.1) is 6.58 Å². The van der Waals surface area contributed by atoms with Crippen molar-refractivity contribution >= 4 is 0 Å². The molecule has 0 N–H and O–H groups in total. The summed E-state index contributed by atoms with van der Waals surface area (Å²) in [5.41, 5.74) is 0. The van der Waals surface area contributed by atoms with Crippen molar-refractivity contribution in [2.45, 2.75) is 47.0 Å². The monoisotopic (exact) mass is 168 g/mol. The first-order chi connectivity index (χ1) is 5.57. The molecule has 0 aromatic carbocycles. The number of rotatable bonds is 6. The van der Waals surface area contributed by atoms with Crippen molar-refractivity contribution in [2.24, 2.45) is 17.8 Å². The van der Waals surface area contributed by atoms with E-state index in [1.165, 1.54) is 19.3 Å². The molecule has 0 spiro atoms. The first-order valence-electron chi connectivity index (χ1n) is 5.18. The molecular weight excluding hydrogens is 144 g/mol. The summed E-state index contributed by atoms with van der Waals surface area (Å²) in [6.07, 6.45) is 5.86. The Kier molecular flexibility index (Phi) is 6.14. The summed E-state index contributed by atoms with van der Waals surface area (Å²) in [6, 6.07) is 0. The lowest BCUT2D eigenvalue weighted by Crippen LogP contribution is -2.10. The fraction of sp³-hybridized carbons (Fsp3) is 0.833. The first kappa shape index (κ1) is 11.7. The fourth-order valence-corrected chi connectivity index (χ4v) is 1.64. The normalized spacial score (nSPS) is 16.1. The Hall–Kier alpha value is -0.260. The molecule has 2 unspecified atom stereocenters. The molecule has 72 valence electrons. The van der Waals surface area contributed by atoms with Crippen LogP contribution in [0, 0.1) is 17.8 Å². The van der Waals surface area contributed by atoms with E-state index in [0.29, 0.717) is 0 Å². The molecule has 0 bridgehead atoms. The van der Waals surface area contributed by atoms with Crippen LogP contribution >= 0.6 is 0 Å². The van der Waals surface area contributed by atoms with E-state index in [0.717, 1.165) is 17.8 Å². The van der Waals surface area contributed by atoms with Crippen LogP contribution in [0.4, 0.5) is 0 Å². The third kappa shape index (κ3) is 5.40. The Morgan fingerprint density at radius 2 is 1.67 bits per heavy atom. The Morgan fingerprint density at radius 3 is 2.08 bits per heavy atom. The molecule has 0 aromatic heterocycles. The predicted octanol–water partition coefficient (Wildman–Crippen LogP) is 4.27. The summed E-state index contributed by atoms with van der Waals surface area (Å²) in [7, 11) is 0. The van der Waals surface area contributed by atoms with E-state index in [9.17, 15) is 0 Å². The molecule has 0 aliphatic heterocycles. The maximum Gasteiger partial charge on any atom is -0.0351 e. The largest absolute Gasteiger partial charge is 0.103 e. The molecule has 0 fully saturated rings. The van der Waals surface area contributed by atoms with Gasteiger partial charge in [-0.3, -0.25) is 0 Å². The van der Waals surface area contributed by atoms with Gasteiger partial charge in [0, 0.05) is 0 Å². The zero-order valence-corrected chi connectivity index (χ0v) is 9.14. The summed E-state index contributed by atoms with van der Waals surface area (Å²) in [4.78, 5) is 0. The molecule has 0 aromatic rings. The molecular formula is C12H24. The maximum absolute atomic E-state index is 3.75. The second-order valence-corrected chi connectivity index (χ2v) is 4.45. The van der Waals surface area contributed by atoms with Crippen molar-refractivity contribution in [3.63, 3.8) is 0 Å². The Bertz CT molecular complexity index is 113. The lowest BCUT2D eigenvalue weighted by molar-refractivity contribution is 0.310. The second-order valence-electron chi connectivity index (χ2n) is 4.45. The van der Waals surface area contributed by atoms with Gasteiger partial charge in [0.2, 0.25) is 0 Å². The third-order valence-electron chi connectivity index (χ3n) is 2.64. The van der Waals surface area contributed by atoms with Crippen molar-refractivity contribution in [1.82, 2.24) is 0 Å². The van der Waals surface area contributed by atoms with Gasteiger partial charge >= 0.3 is 0 Å². The lowest BCUT2D eigenvalue weighted by Gasteiger charge is -2.20. The van der Waals surface area contributed by atoms with Gasteiger partial charge in [-0.2, -0.15) is 0 Å². The Morgan fingerprint density at radius 1 is 1.08 bits per heavy atom. The summed E-state index contributed by atoms with van der Waals surface area (Å²) < 4.78 is 0. The van der Waals surface area contributed by atoms with E-state index in [-0.39, 0.29) is 0 Å². The zero-order chi connectivity index (χ0) is 9.56. The fourth-order valence-electron chi connectivity index (χ4n) is 1.64. The van der Waals surface area contributed by atoms with Gasteiger partial charge in [-0.25, -0.2) is 0 Å². The Balaban J connectivity index is 3.60. The summed E-state index contributed by atoms with van der Waals surface area (Å²) >= 11 is 0. The lowest BCUT2D eigenvalue weighted by atomic mass is 9.85. The van der Waals surface area contributed by atoms with Gasteiger partial charge in [0.1, 0.15) is 0 Å². The standard InChI is InChI=1S/C12H24/c1-6-7-8-11(4)12(5)9-10(2)3/h6,10-12H,1,7-9H2,2-5H3. The molecule has 0 saturated carbocycles. The minimum absolute atomic E-state index is 0.839. The molecule has 0 heterocycles. The van der Waals surface area contributed by atoms with Gasteiger partial charge in [0.05, 0.1) is 0 Å². The van der Waals surface area contributed by atoms with Crippen LogP contribution in [0.5, 0.6) is 0 Å². The quantitative estimate of drug-likeness (QED) is 0.519. The van der Waals surface area contributed by atoms with Gasteiger partial charge < -0.3 is 0 Å². The van der Waals surface area contributed by atoms with Gasteiger partial charge in [0.25, 0.3) is 0 Å². The molecule has 0 radical (unpaired) electrons. The summed E-state index contributed by atoms with van der Waals surface area (Å²) in [6.45, 7) is 13.1. The average molecular weight is 168 g/mol. The van der Waals surface area contributed by atoms with Gasteiger partial charge in [-0.05, 0) is 37.0 Å². The first-order valence-corrected chi connectivity index (χ1v) is 5.18. The van der Waals surface area contributed by atoms with Gasteiger partial charge in [0.15, 0.2) is 0 Å². The van der Waals surface area contributed by atoms with Crippen molar-refractivity contribution in [2.75, 3.05) is 0 Å². The molecule has 12 heavy (non-hydrogen) atoms. The van der Waals surface area contributed by atoms with Crippen molar-refractivity contribution < 1.29 is 0 Å². The summed E-state index contributed by atoms with van der Waals surface area (Å²) in [5.74, 6) is 2.56. The van der Waals surface area contributed by atoms with Crippen molar-refractivity contribution in [3.05, 3.63) is 12.7 Å². The molecule has 0 aliphatic rings. The number of allylic oxidation sites excluding steroid dienone is 1. The Labute approximate surface area is 78.1 Å². The van der Waals surface area contributed by atoms with Crippen LogP contribution in [-0.2, 0) is 0 Å². The molecule has 0 heteroatoms. The van der Waals surface area contributed by atoms with Crippen LogP contribution in [0.25, 0.3) is 0 Å². The van der Waals surface area contributed by atoms with Crippen LogP contribution < -0.4 is 0 Å². The highest BCUT2D eigenvalue weighted by Crippen LogP contribution is 2.23. The highest BCUT2D eigenvalue weighted by molar-refractivity contribution is 4.71. The smallest absolute Gasteiger partial charge is 0.0351 e. The topological polar surface area (TPSA) is 0 Å². The van der Waals surface area contributed by atoms with Crippen LogP contribution in [0.2, 0.25) is 0 Å². The zero-order valence-electron chi connectivity index (χ0n) is 9.14. The van der Waals surface area contributed by atoms with Crippen LogP contribution in [0.1, 0.15) is 47.0 Å². The average Bonchev–Trinajstić information content (AvgIpc) is 1.98.